The van der Waals surface area contributed by atoms with Crippen molar-refractivity contribution in [3.05, 3.63) is 35.9 Å². The number of hydroxylamine groups is 1. The Balaban J connectivity index is 2.16. The fourth-order valence-electron chi connectivity index (χ4n) is 1.42. The molecule has 3 N–H and O–H groups in total. The predicted molar refractivity (Wildman–Crippen MR) is 68.5 cm³/mol. The molecule has 0 heterocycles. The van der Waals surface area contributed by atoms with Gasteiger partial charge >= 0.3 is 0 Å². The maximum atomic E-state index is 11.5. The van der Waals surface area contributed by atoms with Gasteiger partial charge in [-0.2, -0.15) is 0 Å². The van der Waals surface area contributed by atoms with Crippen LogP contribution in [0.5, 0.6) is 0 Å². The van der Waals surface area contributed by atoms with Gasteiger partial charge in [0, 0.05) is 13.7 Å². The summed E-state index contributed by atoms with van der Waals surface area (Å²) in [5.41, 5.74) is 9.03. The molecule has 1 rings (SSSR count). The average molecular weight is 252 g/mol. The minimum Gasteiger partial charge on any atom is -0.385 e. The number of hydrogen-bond donors (Lipinski definition) is 2. The van der Waals surface area contributed by atoms with Gasteiger partial charge in [-0.25, -0.2) is 5.48 Å². The number of nitrogens with one attached hydrogen (secondary N) is 1. The topological polar surface area (TPSA) is 73.6 Å². The van der Waals surface area contributed by atoms with Gasteiger partial charge in [0.1, 0.15) is 0 Å². The molecule has 18 heavy (non-hydrogen) atoms. The van der Waals surface area contributed by atoms with Crippen molar-refractivity contribution in [3.8, 4) is 0 Å². The van der Waals surface area contributed by atoms with Gasteiger partial charge in [0.25, 0.3) is 5.91 Å². The molecule has 0 saturated carbocycles. The number of hydrogen-bond acceptors (Lipinski definition) is 4. The quantitative estimate of drug-likeness (QED) is 0.534. The zero-order valence-corrected chi connectivity index (χ0v) is 10.6. The summed E-state index contributed by atoms with van der Waals surface area (Å²) in [6.07, 6.45) is 1.33. The van der Waals surface area contributed by atoms with Gasteiger partial charge < -0.3 is 10.5 Å². The average Bonchev–Trinajstić information content (AvgIpc) is 2.40. The van der Waals surface area contributed by atoms with Crippen LogP contribution in [-0.4, -0.2) is 25.7 Å². The second kappa shape index (κ2) is 8.63. The van der Waals surface area contributed by atoms with Crippen molar-refractivity contribution in [2.75, 3.05) is 13.7 Å². The Kier molecular flexibility index (Phi) is 7.01. The molecule has 1 amide bonds. The molecule has 0 aliphatic heterocycles. The molecule has 0 aliphatic rings. The number of amides is 1. The third-order valence-corrected chi connectivity index (χ3v) is 2.45. The number of benzene rings is 1. The minimum absolute atomic E-state index is 0.304. The van der Waals surface area contributed by atoms with Crippen molar-refractivity contribution in [1.82, 2.24) is 5.48 Å². The number of ether oxygens (including phenoxy) is 1. The lowest BCUT2D eigenvalue weighted by Gasteiger charge is -2.11. The van der Waals surface area contributed by atoms with Gasteiger partial charge in [-0.1, -0.05) is 30.3 Å². The molecule has 1 aromatic carbocycles. The highest BCUT2D eigenvalue weighted by molar-refractivity contribution is 5.80. The lowest BCUT2D eigenvalue weighted by Crippen LogP contribution is -2.40. The van der Waals surface area contributed by atoms with E-state index in [1.807, 2.05) is 30.3 Å². The van der Waals surface area contributed by atoms with Crippen LogP contribution in [0.15, 0.2) is 30.3 Å². The minimum atomic E-state index is -0.559. The first-order valence-corrected chi connectivity index (χ1v) is 5.94. The summed E-state index contributed by atoms with van der Waals surface area (Å²) in [5, 5.41) is 0. The normalized spacial score (nSPS) is 12.1. The largest absolute Gasteiger partial charge is 0.385 e. The number of carbonyl (C=O) groups excluding carboxylic acids is 1. The molecule has 0 aromatic heterocycles. The molecule has 5 nitrogen and oxygen atoms in total. The summed E-state index contributed by atoms with van der Waals surface area (Å²) in [5.74, 6) is -0.304. The van der Waals surface area contributed by atoms with Crippen molar-refractivity contribution in [3.63, 3.8) is 0 Å². The van der Waals surface area contributed by atoms with Crippen LogP contribution in [0, 0.1) is 0 Å². The van der Waals surface area contributed by atoms with E-state index in [-0.39, 0.29) is 5.91 Å². The smallest absolute Gasteiger partial charge is 0.260 e. The van der Waals surface area contributed by atoms with Crippen molar-refractivity contribution in [2.24, 2.45) is 5.73 Å². The van der Waals surface area contributed by atoms with Gasteiger partial charge in [0.05, 0.1) is 12.6 Å². The first kappa shape index (κ1) is 14.6. The van der Waals surface area contributed by atoms with Gasteiger partial charge in [0.15, 0.2) is 0 Å². The third kappa shape index (κ3) is 5.77. The van der Waals surface area contributed by atoms with Crippen LogP contribution in [-0.2, 0) is 21.0 Å². The van der Waals surface area contributed by atoms with Gasteiger partial charge in [-0.3, -0.25) is 9.63 Å². The van der Waals surface area contributed by atoms with Crippen LogP contribution in [0.2, 0.25) is 0 Å². The van der Waals surface area contributed by atoms with Gasteiger partial charge in [-0.05, 0) is 18.4 Å². The lowest BCUT2D eigenvalue weighted by atomic mass is 10.2. The number of methoxy groups -OCH3 is 1. The van der Waals surface area contributed by atoms with E-state index in [1.54, 1.807) is 7.11 Å². The molecular formula is C13H20N2O3. The van der Waals surface area contributed by atoms with Gasteiger partial charge in [-0.15, -0.1) is 0 Å². The van der Waals surface area contributed by atoms with Crippen LogP contribution in [0.3, 0.4) is 0 Å². The van der Waals surface area contributed by atoms with Crippen LogP contribution in [0.25, 0.3) is 0 Å². The Bertz CT molecular complexity index is 343. The highest BCUT2D eigenvalue weighted by Gasteiger charge is 2.12. The van der Waals surface area contributed by atoms with Crippen molar-refractivity contribution in [2.45, 2.75) is 25.5 Å². The van der Waals surface area contributed by atoms with Crippen LogP contribution in [0.4, 0.5) is 0 Å². The molecule has 5 heteroatoms. The number of carbonyl (C=O) groups is 1. The second-order valence-corrected chi connectivity index (χ2v) is 3.98. The van der Waals surface area contributed by atoms with Crippen molar-refractivity contribution < 1.29 is 14.4 Å². The van der Waals surface area contributed by atoms with E-state index in [0.717, 1.165) is 12.0 Å². The molecule has 0 radical (unpaired) electrons. The molecule has 0 aliphatic carbocycles. The summed E-state index contributed by atoms with van der Waals surface area (Å²) in [4.78, 5) is 16.6. The van der Waals surface area contributed by atoms with Crippen LogP contribution >= 0.6 is 0 Å². The Morgan fingerprint density at radius 2 is 2.11 bits per heavy atom. The monoisotopic (exact) mass is 252 g/mol. The SMILES string of the molecule is COCCCC(N)C(=O)NOCc1ccccc1. The molecule has 1 unspecified atom stereocenters. The van der Waals surface area contributed by atoms with E-state index in [0.29, 0.717) is 19.6 Å². The molecule has 100 valence electrons. The summed E-state index contributed by atoms with van der Waals surface area (Å²) in [6.45, 7) is 0.934. The Hall–Kier alpha value is -1.43. The zero-order chi connectivity index (χ0) is 13.2. The zero-order valence-electron chi connectivity index (χ0n) is 10.6. The summed E-state index contributed by atoms with van der Waals surface area (Å²) < 4.78 is 4.89. The maximum absolute atomic E-state index is 11.5. The number of rotatable bonds is 8. The molecule has 1 atom stereocenters. The van der Waals surface area contributed by atoms with Crippen LogP contribution in [0.1, 0.15) is 18.4 Å². The van der Waals surface area contributed by atoms with Crippen molar-refractivity contribution >= 4 is 5.91 Å². The lowest BCUT2D eigenvalue weighted by molar-refractivity contribution is -0.136. The van der Waals surface area contributed by atoms with E-state index >= 15 is 0 Å². The molecule has 0 saturated heterocycles. The third-order valence-electron chi connectivity index (χ3n) is 2.45. The van der Waals surface area contributed by atoms with E-state index in [2.05, 4.69) is 5.48 Å². The summed E-state index contributed by atoms with van der Waals surface area (Å²) >= 11 is 0. The summed E-state index contributed by atoms with van der Waals surface area (Å²) in [7, 11) is 1.62. The Morgan fingerprint density at radius 1 is 1.39 bits per heavy atom. The molecule has 0 bridgehead atoms. The standard InChI is InChI=1S/C13H20N2O3/c1-17-9-5-8-12(14)13(16)15-18-10-11-6-3-2-4-7-11/h2-4,6-7,12H,5,8-10,14H2,1H3,(H,15,16). The molecule has 0 spiro atoms. The molecular weight excluding hydrogens is 232 g/mol. The predicted octanol–water partition coefficient (Wildman–Crippen LogP) is 0.988. The van der Waals surface area contributed by atoms with E-state index in [9.17, 15) is 4.79 Å². The second-order valence-electron chi connectivity index (χ2n) is 3.98. The highest BCUT2D eigenvalue weighted by atomic mass is 16.6. The van der Waals surface area contributed by atoms with E-state index in [1.165, 1.54) is 0 Å². The first-order valence-electron chi connectivity index (χ1n) is 5.94. The fraction of sp³-hybridized carbons (Fsp3) is 0.462. The summed E-state index contributed by atoms with van der Waals surface area (Å²) in [6, 6.07) is 9.04. The van der Waals surface area contributed by atoms with Crippen molar-refractivity contribution in [1.29, 1.82) is 0 Å². The first-order chi connectivity index (χ1) is 8.74. The number of nitrogens with two attached hydrogens (primary N) is 1. The van der Waals surface area contributed by atoms with Crippen LogP contribution < -0.4 is 11.2 Å². The maximum Gasteiger partial charge on any atom is 0.260 e. The van der Waals surface area contributed by atoms with E-state index < -0.39 is 6.04 Å². The molecule has 0 fully saturated rings. The molecule has 1 aromatic rings. The Morgan fingerprint density at radius 3 is 2.78 bits per heavy atom. The van der Waals surface area contributed by atoms with E-state index in [4.69, 9.17) is 15.3 Å². The van der Waals surface area contributed by atoms with Gasteiger partial charge in [0.2, 0.25) is 0 Å². The Labute approximate surface area is 107 Å². The highest BCUT2D eigenvalue weighted by Crippen LogP contribution is 2.00. The fourth-order valence-corrected chi connectivity index (χ4v) is 1.42.